The van der Waals surface area contributed by atoms with E-state index in [1.54, 1.807) is 48.5 Å². The Bertz CT molecular complexity index is 733. The van der Waals surface area contributed by atoms with Gasteiger partial charge in [-0.05, 0) is 30.4 Å². The molecule has 2 aromatic carbocycles. The zero-order valence-corrected chi connectivity index (χ0v) is 10.5. The fourth-order valence-corrected chi connectivity index (χ4v) is 4.56. The zero-order chi connectivity index (χ0) is 13.6. The standard InChI is InChI=1S/C14H8F3OP/c15-14(16,17)13(18)19-11-7-3-1-5-9(11)10-6-2-4-8-12(10)19/h1-8H. The van der Waals surface area contributed by atoms with Crippen LogP contribution in [0, 0.1) is 0 Å². The van der Waals surface area contributed by atoms with Crippen molar-refractivity contribution in [2.75, 3.05) is 0 Å². The largest absolute Gasteiger partial charge is 0.458 e. The van der Waals surface area contributed by atoms with Crippen LogP contribution in [0.3, 0.4) is 0 Å². The molecule has 0 spiro atoms. The normalized spacial score (nSPS) is 12.2. The molecule has 0 fully saturated rings. The Morgan fingerprint density at radius 2 is 1.26 bits per heavy atom. The first-order chi connectivity index (χ1) is 9.00. The van der Waals surface area contributed by atoms with E-state index in [1.807, 2.05) is 0 Å². The number of fused-ring (bicyclic) bond motifs is 3. The number of carbonyl (C=O) groups is 1. The van der Waals surface area contributed by atoms with E-state index in [4.69, 9.17) is 0 Å². The van der Waals surface area contributed by atoms with Crippen LogP contribution in [0.25, 0.3) is 21.0 Å². The van der Waals surface area contributed by atoms with Gasteiger partial charge in [0.15, 0.2) is 0 Å². The minimum absolute atomic E-state index is 0.501. The molecule has 0 aliphatic heterocycles. The molecule has 5 heteroatoms. The summed E-state index contributed by atoms with van der Waals surface area (Å²) in [7, 11) is -1.99. The molecule has 3 rings (SSSR count). The molecule has 19 heavy (non-hydrogen) atoms. The van der Waals surface area contributed by atoms with Gasteiger partial charge in [-0.25, -0.2) is 0 Å². The zero-order valence-electron chi connectivity index (χ0n) is 9.61. The Labute approximate surface area is 107 Å². The highest BCUT2D eigenvalue weighted by Gasteiger charge is 2.41. The first-order valence-corrected chi connectivity index (χ1v) is 6.94. The highest BCUT2D eigenvalue weighted by molar-refractivity contribution is 7.77. The van der Waals surface area contributed by atoms with Crippen LogP contribution in [-0.4, -0.2) is 11.7 Å². The second-order valence-corrected chi connectivity index (χ2v) is 6.21. The molecule has 0 saturated heterocycles. The molecule has 0 radical (unpaired) electrons. The Kier molecular flexibility index (Phi) is 2.64. The maximum absolute atomic E-state index is 12.8. The van der Waals surface area contributed by atoms with Crippen LogP contribution >= 0.6 is 7.53 Å². The van der Waals surface area contributed by atoms with Crippen molar-refractivity contribution >= 4 is 34.1 Å². The van der Waals surface area contributed by atoms with Gasteiger partial charge in [0.1, 0.15) is 0 Å². The minimum atomic E-state index is -4.80. The number of halogens is 3. The van der Waals surface area contributed by atoms with Crippen molar-refractivity contribution in [2.24, 2.45) is 0 Å². The van der Waals surface area contributed by atoms with Crippen molar-refractivity contribution < 1.29 is 18.0 Å². The van der Waals surface area contributed by atoms with E-state index in [9.17, 15) is 18.0 Å². The number of alkyl halides is 3. The summed E-state index contributed by atoms with van der Waals surface area (Å²) in [5.74, 6) is 0. The number of hydrogen-bond acceptors (Lipinski definition) is 1. The van der Waals surface area contributed by atoms with Gasteiger partial charge in [-0.3, -0.25) is 4.79 Å². The minimum Gasteiger partial charge on any atom is -0.280 e. The van der Waals surface area contributed by atoms with E-state index in [-0.39, 0.29) is 0 Å². The van der Waals surface area contributed by atoms with Crippen molar-refractivity contribution in [3.05, 3.63) is 48.5 Å². The summed E-state index contributed by atoms with van der Waals surface area (Å²) >= 11 is 0. The van der Waals surface area contributed by atoms with Gasteiger partial charge in [0.05, 0.1) is 0 Å². The Morgan fingerprint density at radius 1 is 0.842 bits per heavy atom. The van der Waals surface area contributed by atoms with E-state index >= 15 is 0 Å². The average molecular weight is 280 g/mol. The van der Waals surface area contributed by atoms with Gasteiger partial charge < -0.3 is 0 Å². The molecule has 0 N–H and O–H groups in total. The molecule has 96 valence electrons. The van der Waals surface area contributed by atoms with E-state index in [2.05, 4.69) is 0 Å². The van der Waals surface area contributed by atoms with Crippen LogP contribution in [-0.2, 0) is 0 Å². The Morgan fingerprint density at radius 3 is 1.68 bits per heavy atom. The molecule has 0 saturated carbocycles. The molecular weight excluding hydrogens is 272 g/mol. The van der Waals surface area contributed by atoms with Crippen LogP contribution in [0.2, 0.25) is 0 Å². The average Bonchev–Trinajstić information content (AvgIpc) is 2.71. The summed E-state index contributed by atoms with van der Waals surface area (Å²) in [6.07, 6.45) is -4.80. The summed E-state index contributed by atoms with van der Waals surface area (Å²) in [6.45, 7) is 0. The van der Waals surface area contributed by atoms with Crippen LogP contribution in [0.5, 0.6) is 0 Å². The number of hydrogen-bond donors (Lipinski definition) is 0. The van der Waals surface area contributed by atoms with Crippen LogP contribution in [0.4, 0.5) is 13.2 Å². The van der Waals surface area contributed by atoms with E-state index < -0.39 is 19.2 Å². The number of rotatable bonds is 1. The lowest BCUT2D eigenvalue weighted by Crippen LogP contribution is -2.17. The van der Waals surface area contributed by atoms with E-state index in [0.717, 1.165) is 10.8 Å². The predicted molar refractivity (Wildman–Crippen MR) is 70.8 cm³/mol. The van der Waals surface area contributed by atoms with Crippen molar-refractivity contribution in [3.8, 4) is 0 Å². The summed E-state index contributed by atoms with van der Waals surface area (Å²) < 4.78 is 38.3. The molecule has 3 aromatic rings. The number of benzene rings is 2. The summed E-state index contributed by atoms with van der Waals surface area (Å²) in [4.78, 5) is 11.7. The molecule has 0 atom stereocenters. The second-order valence-electron chi connectivity index (χ2n) is 4.17. The van der Waals surface area contributed by atoms with Gasteiger partial charge in [-0.2, -0.15) is 13.2 Å². The maximum Gasteiger partial charge on any atom is 0.458 e. The van der Waals surface area contributed by atoms with Gasteiger partial charge in [0, 0.05) is 10.2 Å². The van der Waals surface area contributed by atoms with Gasteiger partial charge in [-0.15, -0.1) is 0 Å². The lowest BCUT2D eigenvalue weighted by atomic mass is 10.2. The molecule has 0 bridgehead atoms. The third kappa shape index (κ3) is 1.83. The predicted octanol–water partition coefficient (Wildman–Crippen LogP) is 5.18. The first-order valence-electron chi connectivity index (χ1n) is 5.60. The molecule has 1 nitrogen and oxygen atoms in total. The van der Waals surface area contributed by atoms with Gasteiger partial charge in [0.25, 0.3) is 5.52 Å². The van der Waals surface area contributed by atoms with Crippen LogP contribution in [0.1, 0.15) is 4.79 Å². The van der Waals surface area contributed by atoms with Gasteiger partial charge in [0.2, 0.25) is 0 Å². The molecule has 0 aliphatic carbocycles. The van der Waals surface area contributed by atoms with Crippen molar-refractivity contribution in [1.29, 1.82) is 0 Å². The van der Waals surface area contributed by atoms with Gasteiger partial charge in [-0.1, -0.05) is 36.4 Å². The van der Waals surface area contributed by atoms with E-state index in [0.29, 0.717) is 10.2 Å². The Hall–Kier alpha value is -1.80. The first kappa shape index (κ1) is 12.2. The maximum atomic E-state index is 12.8. The smallest absolute Gasteiger partial charge is 0.280 e. The van der Waals surface area contributed by atoms with Crippen LogP contribution in [0.15, 0.2) is 48.5 Å². The topological polar surface area (TPSA) is 17.1 Å². The second kappa shape index (κ2) is 4.10. The third-order valence-electron chi connectivity index (χ3n) is 3.03. The highest BCUT2D eigenvalue weighted by Crippen LogP contribution is 2.52. The third-order valence-corrected chi connectivity index (χ3v) is 5.43. The molecular formula is C14H8F3OP. The van der Waals surface area contributed by atoms with Crippen molar-refractivity contribution in [3.63, 3.8) is 0 Å². The summed E-state index contributed by atoms with van der Waals surface area (Å²) in [5, 5.41) is 2.48. The Balaban J connectivity index is 2.47. The summed E-state index contributed by atoms with van der Waals surface area (Å²) in [6, 6.07) is 13.6. The van der Waals surface area contributed by atoms with E-state index in [1.165, 1.54) is 0 Å². The van der Waals surface area contributed by atoms with Crippen LogP contribution < -0.4 is 0 Å². The quantitative estimate of drug-likeness (QED) is 0.600. The molecule has 1 aromatic heterocycles. The fraction of sp³-hybridized carbons (Fsp3) is 0.0714. The monoisotopic (exact) mass is 280 g/mol. The SMILES string of the molecule is O=C(p1c2ccccc2c2ccccc21)C(F)(F)F. The number of carbonyl (C=O) groups excluding carboxylic acids is 1. The highest BCUT2D eigenvalue weighted by atomic mass is 31.1. The molecule has 0 amide bonds. The van der Waals surface area contributed by atoms with Gasteiger partial charge >= 0.3 is 6.18 Å². The lowest BCUT2D eigenvalue weighted by molar-refractivity contribution is -0.0842. The fourth-order valence-electron chi connectivity index (χ4n) is 2.27. The molecule has 0 aliphatic rings. The summed E-state index contributed by atoms with van der Waals surface area (Å²) in [5.41, 5.74) is -1.64. The molecule has 0 unspecified atom stereocenters. The molecule has 1 heterocycles. The lowest BCUT2D eigenvalue weighted by Gasteiger charge is -2.05. The van der Waals surface area contributed by atoms with Crippen molar-refractivity contribution in [1.82, 2.24) is 0 Å². The van der Waals surface area contributed by atoms with Crippen molar-refractivity contribution in [2.45, 2.75) is 6.18 Å².